The van der Waals surface area contributed by atoms with E-state index >= 15 is 0 Å². The molecule has 0 unspecified atom stereocenters. The number of benzene rings is 2. The monoisotopic (exact) mass is 427 g/mol. The number of aliphatic hydroxyl groups is 1. The van der Waals surface area contributed by atoms with Crippen molar-refractivity contribution >= 4 is 17.4 Å². The Labute approximate surface area is 181 Å². The van der Waals surface area contributed by atoms with Crippen molar-refractivity contribution in [2.24, 2.45) is 0 Å². The number of hydrogen-bond donors (Lipinski definition) is 2. The van der Waals surface area contributed by atoms with Crippen LogP contribution in [0.2, 0.25) is 0 Å². The van der Waals surface area contributed by atoms with Crippen molar-refractivity contribution in [3.63, 3.8) is 0 Å². The summed E-state index contributed by atoms with van der Waals surface area (Å²) in [6.45, 7) is 6.73. The second kappa shape index (κ2) is 9.75. The molecule has 0 spiro atoms. The van der Waals surface area contributed by atoms with Crippen molar-refractivity contribution in [2.75, 3.05) is 33.3 Å². The van der Waals surface area contributed by atoms with Crippen molar-refractivity contribution in [2.45, 2.75) is 19.9 Å². The van der Waals surface area contributed by atoms with Crippen LogP contribution >= 0.6 is 0 Å². The number of nitrogens with zero attached hydrogens (tertiary/aromatic N) is 1. The maximum absolute atomic E-state index is 14.8. The number of Topliss-reactive ketones (excluding diaryl/α,β-unsaturated/α-hetero) is 1. The van der Waals surface area contributed by atoms with Gasteiger partial charge in [-0.2, -0.15) is 0 Å². The third-order valence-electron chi connectivity index (χ3n) is 5.81. The van der Waals surface area contributed by atoms with E-state index in [1.54, 1.807) is 42.5 Å². The molecule has 7 heteroatoms. The Balaban J connectivity index is 2.10. The quantitative estimate of drug-likeness (QED) is 0.385. The van der Waals surface area contributed by atoms with Crippen molar-refractivity contribution in [3.05, 3.63) is 71.0 Å². The molecule has 3 rings (SSSR count). The lowest BCUT2D eigenvalue weighted by atomic mass is 9.95. The fraction of sp³-hybridized carbons (Fsp3) is 0.333. The van der Waals surface area contributed by atoms with Gasteiger partial charge in [-0.3, -0.25) is 9.59 Å². The molecule has 6 nitrogen and oxygen atoms in total. The standard InChI is InChI=1S/C24H27FN2O4/c1-4-26(5-2)14-15-27-21(18-8-6-7-9-19(18)25)20(23(29)24(27)30)22(28)16-10-12-17(31-3)13-11-16/h6-13,21,28H,4-5,14-15H2,1-3H3/p+1/t21-/m0/s1. The molecule has 164 valence electrons. The summed E-state index contributed by atoms with van der Waals surface area (Å²) in [5.41, 5.74) is 0.440. The molecule has 0 aromatic heterocycles. The summed E-state index contributed by atoms with van der Waals surface area (Å²) in [6.07, 6.45) is 0. The number of ketones is 1. The van der Waals surface area contributed by atoms with E-state index in [4.69, 9.17) is 4.74 Å². The minimum Gasteiger partial charge on any atom is -0.507 e. The topological polar surface area (TPSA) is 71.3 Å². The Morgan fingerprint density at radius 3 is 2.32 bits per heavy atom. The SMILES string of the molecule is CC[NH+](CC)CCN1C(=O)C(=O)C(=C(O)c2ccc(OC)cc2)[C@@H]1c1ccccc1F. The molecule has 2 N–H and O–H groups in total. The zero-order chi connectivity index (χ0) is 22.5. The van der Waals surface area contributed by atoms with Gasteiger partial charge in [0.15, 0.2) is 0 Å². The summed E-state index contributed by atoms with van der Waals surface area (Å²) in [5, 5.41) is 11.0. The Bertz CT molecular complexity index is 983. The minimum atomic E-state index is -0.988. The van der Waals surface area contributed by atoms with E-state index in [9.17, 15) is 19.1 Å². The average Bonchev–Trinajstić information content (AvgIpc) is 3.04. The predicted octanol–water partition coefficient (Wildman–Crippen LogP) is 2.18. The zero-order valence-corrected chi connectivity index (χ0v) is 18.0. The van der Waals surface area contributed by atoms with Crippen LogP contribution in [-0.4, -0.2) is 55.0 Å². The van der Waals surface area contributed by atoms with E-state index < -0.39 is 23.5 Å². The highest BCUT2D eigenvalue weighted by Gasteiger charge is 2.47. The van der Waals surface area contributed by atoms with E-state index in [1.165, 1.54) is 23.0 Å². The molecule has 1 amide bonds. The number of aliphatic hydroxyl groups excluding tert-OH is 1. The van der Waals surface area contributed by atoms with Crippen LogP contribution in [0.5, 0.6) is 5.75 Å². The second-order valence-electron chi connectivity index (χ2n) is 7.45. The molecule has 1 saturated heterocycles. The molecule has 2 aromatic rings. The molecule has 1 heterocycles. The van der Waals surface area contributed by atoms with Crippen LogP contribution in [0, 0.1) is 5.82 Å². The first-order valence-corrected chi connectivity index (χ1v) is 10.4. The van der Waals surface area contributed by atoms with E-state index in [-0.39, 0.29) is 23.4 Å². The molecule has 1 aliphatic rings. The number of nitrogens with one attached hydrogen (secondary N) is 1. The van der Waals surface area contributed by atoms with Gasteiger partial charge in [-0.05, 0) is 44.2 Å². The molecule has 0 aliphatic carbocycles. The average molecular weight is 427 g/mol. The highest BCUT2D eigenvalue weighted by atomic mass is 19.1. The third kappa shape index (κ3) is 4.46. The summed E-state index contributed by atoms with van der Waals surface area (Å²) >= 11 is 0. The summed E-state index contributed by atoms with van der Waals surface area (Å²) in [6, 6.07) is 11.5. The Morgan fingerprint density at radius 1 is 1.10 bits per heavy atom. The smallest absolute Gasteiger partial charge is 0.295 e. The lowest BCUT2D eigenvalue weighted by Crippen LogP contribution is -3.12. The number of likely N-dealkylation sites (N-methyl/N-ethyl adjacent to an activating group) is 1. The zero-order valence-electron chi connectivity index (χ0n) is 18.0. The maximum atomic E-state index is 14.8. The number of amides is 1. The van der Waals surface area contributed by atoms with Crippen LogP contribution in [0.15, 0.2) is 54.1 Å². The highest BCUT2D eigenvalue weighted by Crippen LogP contribution is 2.40. The van der Waals surface area contributed by atoms with E-state index in [2.05, 4.69) is 0 Å². The molecule has 2 aromatic carbocycles. The number of quaternary nitrogens is 1. The van der Waals surface area contributed by atoms with Crippen molar-refractivity contribution < 1.29 is 28.7 Å². The molecule has 1 atom stereocenters. The summed E-state index contributed by atoms with van der Waals surface area (Å²) in [4.78, 5) is 28.5. The number of halogens is 1. The Kier molecular flexibility index (Phi) is 7.07. The summed E-state index contributed by atoms with van der Waals surface area (Å²) in [5.74, 6) is -1.81. The number of carbonyl (C=O) groups is 2. The van der Waals surface area contributed by atoms with E-state index in [0.29, 0.717) is 17.9 Å². The second-order valence-corrected chi connectivity index (χ2v) is 7.45. The number of carbonyl (C=O) groups excluding carboxylic acids is 2. The van der Waals surface area contributed by atoms with Gasteiger partial charge in [0.05, 0.1) is 44.9 Å². The van der Waals surface area contributed by atoms with Crippen LogP contribution in [0.4, 0.5) is 4.39 Å². The van der Waals surface area contributed by atoms with Gasteiger partial charge in [-0.1, -0.05) is 18.2 Å². The molecule has 1 fully saturated rings. The number of likely N-dealkylation sites (tertiary alicyclic amines) is 1. The number of hydrogen-bond acceptors (Lipinski definition) is 4. The first kappa shape index (κ1) is 22.5. The molecular weight excluding hydrogens is 399 g/mol. The molecule has 1 aliphatic heterocycles. The first-order valence-electron chi connectivity index (χ1n) is 10.4. The van der Waals surface area contributed by atoms with Crippen LogP contribution in [0.1, 0.15) is 31.0 Å². The van der Waals surface area contributed by atoms with Crippen molar-refractivity contribution in [1.82, 2.24) is 4.90 Å². The third-order valence-corrected chi connectivity index (χ3v) is 5.81. The van der Waals surface area contributed by atoms with Gasteiger partial charge in [0.25, 0.3) is 11.7 Å². The largest absolute Gasteiger partial charge is 0.507 e. The van der Waals surface area contributed by atoms with E-state index in [1.807, 2.05) is 13.8 Å². The summed E-state index contributed by atoms with van der Waals surface area (Å²) in [7, 11) is 1.52. The first-order chi connectivity index (χ1) is 14.9. The number of rotatable bonds is 8. The fourth-order valence-corrected chi connectivity index (χ4v) is 3.92. The Hall–Kier alpha value is -3.19. The molecule has 0 bridgehead atoms. The number of methoxy groups -OCH3 is 1. The maximum Gasteiger partial charge on any atom is 0.295 e. The van der Waals surface area contributed by atoms with Gasteiger partial charge in [-0.15, -0.1) is 0 Å². The lowest BCUT2D eigenvalue weighted by molar-refractivity contribution is -0.895. The minimum absolute atomic E-state index is 0.102. The van der Waals surface area contributed by atoms with Crippen molar-refractivity contribution in [3.8, 4) is 5.75 Å². The number of ether oxygens (including phenoxy) is 1. The Morgan fingerprint density at radius 2 is 1.74 bits per heavy atom. The van der Waals surface area contributed by atoms with Crippen molar-refractivity contribution in [1.29, 1.82) is 0 Å². The van der Waals surface area contributed by atoms with Gasteiger partial charge in [-0.25, -0.2) is 4.39 Å². The predicted molar refractivity (Wildman–Crippen MR) is 115 cm³/mol. The van der Waals surface area contributed by atoms with Gasteiger partial charge >= 0.3 is 0 Å². The van der Waals surface area contributed by atoms with Gasteiger partial charge < -0.3 is 19.6 Å². The fourth-order valence-electron chi connectivity index (χ4n) is 3.92. The molecule has 0 radical (unpaired) electrons. The molecule has 31 heavy (non-hydrogen) atoms. The van der Waals surface area contributed by atoms with E-state index in [0.717, 1.165) is 13.1 Å². The van der Waals surface area contributed by atoms with Crippen LogP contribution in [0.3, 0.4) is 0 Å². The van der Waals surface area contributed by atoms with Crippen LogP contribution in [-0.2, 0) is 9.59 Å². The van der Waals surface area contributed by atoms with Crippen LogP contribution < -0.4 is 9.64 Å². The highest BCUT2D eigenvalue weighted by molar-refractivity contribution is 6.46. The van der Waals surface area contributed by atoms with Gasteiger partial charge in [0.1, 0.15) is 17.3 Å². The summed E-state index contributed by atoms with van der Waals surface area (Å²) < 4.78 is 19.9. The van der Waals surface area contributed by atoms with Gasteiger partial charge in [0, 0.05) is 11.1 Å². The normalized spacial score (nSPS) is 18.1. The molecular formula is C24H28FN2O4+. The van der Waals surface area contributed by atoms with Crippen LogP contribution in [0.25, 0.3) is 5.76 Å². The molecule has 0 saturated carbocycles. The lowest BCUT2D eigenvalue weighted by Gasteiger charge is -2.27. The van der Waals surface area contributed by atoms with Gasteiger partial charge in [0.2, 0.25) is 0 Å².